The fraction of sp³-hybridized carbons (Fsp3) is 0.630. The van der Waals surface area contributed by atoms with Crippen LogP contribution in [-0.4, -0.2) is 78.8 Å². The maximum atomic E-state index is 13.0. The number of carbonyl (C=O) groups excluding carboxylic acids is 3. The Hall–Kier alpha value is -3.22. The Morgan fingerprint density at radius 3 is 2.36 bits per heavy atom. The average molecular weight is 549 g/mol. The first-order valence-electron chi connectivity index (χ1n) is 13.3. The van der Waals surface area contributed by atoms with Gasteiger partial charge in [-0.25, -0.2) is 9.59 Å². The zero-order valence-electron chi connectivity index (χ0n) is 23.2. The van der Waals surface area contributed by atoms with Crippen LogP contribution in [0.4, 0.5) is 4.79 Å². The molecule has 0 saturated carbocycles. The van der Waals surface area contributed by atoms with Crippen molar-refractivity contribution in [1.29, 1.82) is 0 Å². The van der Waals surface area contributed by atoms with Crippen LogP contribution in [0, 0.1) is 0 Å². The summed E-state index contributed by atoms with van der Waals surface area (Å²) >= 11 is 0. The molecule has 1 unspecified atom stereocenters. The molecule has 1 aromatic carbocycles. The second-order valence-electron chi connectivity index (χ2n) is 10.3. The van der Waals surface area contributed by atoms with Gasteiger partial charge in [0.25, 0.3) is 0 Å². The summed E-state index contributed by atoms with van der Waals surface area (Å²) in [5, 5.41) is 4.96. The van der Waals surface area contributed by atoms with Crippen molar-refractivity contribution in [2.24, 2.45) is 7.05 Å². The third-order valence-corrected chi connectivity index (χ3v) is 6.10. The number of hydrogen-bond donors (Lipinski definition) is 2. The molecule has 1 saturated heterocycles. The van der Waals surface area contributed by atoms with Crippen LogP contribution < -0.4 is 16.3 Å². The van der Waals surface area contributed by atoms with E-state index in [1.54, 1.807) is 32.4 Å². The third-order valence-electron chi connectivity index (χ3n) is 6.10. The summed E-state index contributed by atoms with van der Waals surface area (Å²) in [6.45, 7) is 8.42. The monoisotopic (exact) mass is 548 g/mol. The Morgan fingerprint density at radius 2 is 1.69 bits per heavy atom. The van der Waals surface area contributed by atoms with Crippen LogP contribution in [0.3, 0.4) is 0 Å². The van der Waals surface area contributed by atoms with Gasteiger partial charge in [0.1, 0.15) is 11.6 Å². The van der Waals surface area contributed by atoms with E-state index in [1.807, 2.05) is 18.2 Å². The van der Waals surface area contributed by atoms with Crippen LogP contribution in [0.25, 0.3) is 11.0 Å². The van der Waals surface area contributed by atoms with Gasteiger partial charge in [-0.1, -0.05) is 12.1 Å². The van der Waals surface area contributed by atoms with E-state index in [0.717, 1.165) is 17.5 Å². The Morgan fingerprint density at radius 1 is 1.03 bits per heavy atom. The number of aryl methyl sites for hydroxylation is 2. The minimum absolute atomic E-state index is 0.209. The molecule has 0 aliphatic carbocycles. The van der Waals surface area contributed by atoms with E-state index in [2.05, 4.69) is 10.6 Å². The molecule has 0 bridgehead atoms. The van der Waals surface area contributed by atoms with Gasteiger partial charge in [-0.3, -0.25) is 24.0 Å². The summed E-state index contributed by atoms with van der Waals surface area (Å²) in [5.74, 6) is -0.753. The van der Waals surface area contributed by atoms with Gasteiger partial charge in [-0.15, -0.1) is 0 Å². The molecule has 216 valence electrons. The molecule has 2 aromatic rings. The first-order valence-corrected chi connectivity index (χ1v) is 13.3. The Kier molecular flexibility index (Phi) is 11.1. The standard InChI is InChI=1S/C27H40N4O8/c1-27(2,3)39-25(34)28-12-14-37-16-18-38-17-15-36-13-6-8-19-7-5-9-20-23(19)30(4)26(35)31(20)21-10-11-22(32)29-24(21)33/h5,7,9,21H,6,8,10-18H2,1-4H3,(H,28,34)(H,29,32,33). The fourth-order valence-corrected chi connectivity index (χ4v) is 4.40. The molecule has 1 aliphatic heterocycles. The highest BCUT2D eigenvalue weighted by atomic mass is 16.6. The third kappa shape index (κ3) is 8.91. The van der Waals surface area contributed by atoms with Crippen molar-refractivity contribution >= 4 is 28.9 Å². The van der Waals surface area contributed by atoms with Crippen molar-refractivity contribution in [3.05, 3.63) is 34.2 Å². The maximum absolute atomic E-state index is 13.0. The molecule has 39 heavy (non-hydrogen) atoms. The maximum Gasteiger partial charge on any atom is 0.407 e. The number of piperidine rings is 1. The summed E-state index contributed by atoms with van der Waals surface area (Å²) in [6, 6.07) is 4.99. The number of alkyl carbamates (subject to hydrolysis) is 1. The smallest absolute Gasteiger partial charge is 0.407 e. The Balaban J connectivity index is 1.32. The molecule has 3 rings (SSSR count). The van der Waals surface area contributed by atoms with Crippen LogP contribution in [-0.2, 0) is 42.0 Å². The van der Waals surface area contributed by atoms with Crippen molar-refractivity contribution < 1.29 is 33.3 Å². The Bertz CT molecular complexity index is 1200. The van der Waals surface area contributed by atoms with Gasteiger partial charge in [0.2, 0.25) is 11.8 Å². The highest BCUT2D eigenvalue weighted by molar-refractivity contribution is 6.00. The van der Waals surface area contributed by atoms with Crippen LogP contribution >= 0.6 is 0 Å². The first-order chi connectivity index (χ1) is 18.6. The summed E-state index contributed by atoms with van der Waals surface area (Å²) < 4.78 is 24.8. The minimum Gasteiger partial charge on any atom is -0.444 e. The van der Waals surface area contributed by atoms with Crippen LogP contribution in [0.5, 0.6) is 0 Å². The lowest BCUT2D eigenvalue weighted by Crippen LogP contribution is -2.44. The lowest BCUT2D eigenvalue weighted by Gasteiger charge is -2.21. The number of ether oxygens (including phenoxy) is 4. The molecule has 0 radical (unpaired) electrons. The van der Waals surface area contributed by atoms with E-state index in [1.165, 1.54) is 4.57 Å². The number of imide groups is 1. The SMILES string of the molecule is Cn1c(=O)n(C2CCC(=O)NC2=O)c2cccc(CCCOCCOCCOCCNC(=O)OC(C)(C)C)c21. The fourth-order valence-electron chi connectivity index (χ4n) is 4.40. The zero-order valence-corrected chi connectivity index (χ0v) is 23.2. The van der Waals surface area contributed by atoms with Crippen LogP contribution in [0.15, 0.2) is 23.0 Å². The molecule has 1 atom stereocenters. The van der Waals surface area contributed by atoms with Gasteiger partial charge < -0.3 is 24.3 Å². The number of hydrogen-bond acceptors (Lipinski definition) is 8. The highest BCUT2D eigenvalue weighted by Crippen LogP contribution is 2.25. The average Bonchev–Trinajstić information content (AvgIpc) is 3.11. The Labute approximate surface area is 227 Å². The number of carbonyl (C=O) groups is 3. The number of nitrogens with one attached hydrogen (secondary N) is 2. The number of imidazole rings is 1. The van der Waals surface area contributed by atoms with Gasteiger partial charge in [-0.2, -0.15) is 0 Å². The van der Waals surface area contributed by atoms with Gasteiger partial charge in [0, 0.05) is 26.6 Å². The number of benzene rings is 1. The highest BCUT2D eigenvalue weighted by Gasteiger charge is 2.31. The number of amides is 3. The van der Waals surface area contributed by atoms with E-state index >= 15 is 0 Å². The van der Waals surface area contributed by atoms with Crippen molar-refractivity contribution in [2.45, 2.75) is 58.1 Å². The summed E-state index contributed by atoms with van der Waals surface area (Å²) in [7, 11) is 1.70. The number of fused-ring (bicyclic) bond motifs is 1. The largest absolute Gasteiger partial charge is 0.444 e. The number of para-hydroxylation sites is 1. The van der Waals surface area contributed by atoms with Gasteiger partial charge in [-0.05, 0) is 51.7 Å². The number of aromatic nitrogens is 2. The van der Waals surface area contributed by atoms with Gasteiger partial charge in [0.15, 0.2) is 0 Å². The molecule has 2 N–H and O–H groups in total. The second kappa shape index (κ2) is 14.2. The van der Waals surface area contributed by atoms with E-state index in [0.29, 0.717) is 64.5 Å². The van der Waals surface area contributed by atoms with Crippen molar-refractivity contribution in [3.63, 3.8) is 0 Å². The van der Waals surface area contributed by atoms with E-state index in [9.17, 15) is 19.2 Å². The second-order valence-corrected chi connectivity index (χ2v) is 10.3. The molecular weight excluding hydrogens is 508 g/mol. The van der Waals surface area contributed by atoms with Gasteiger partial charge >= 0.3 is 11.8 Å². The molecule has 1 fully saturated rings. The minimum atomic E-state index is -0.697. The summed E-state index contributed by atoms with van der Waals surface area (Å²) in [6.07, 6.45) is 1.51. The van der Waals surface area contributed by atoms with E-state index < -0.39 is 23.6 Å². The summed E-state index contributed by atoms with van der Waals surface area (Å²) in [5.41, 5.74) is 1.67. The lowest BCUT2D eigenvalue weighted by molar-refractivity contribution is -0.135. The van der Waals surface area contributed by atoms with E-state index in [4.69, 9.17) is 18.9 Å². The predicted octanol–water partition coefficient (Wildman–Crippen LogP) is 1.82. The van der Waals surface area contributed by atoms with Crippen LogP contribution in [0.2, 0.25) is 0 Å². The van der Waals surface area contributed by atoms with Crippen molar-refractivity contribution in [3.8, 4) is 0 Å². The topological polar surface area (TPSA) is 139 Å². The number of nitrogens with zero attached hydrogens (tertiary/aromatic N) is 2. The van der Waals surface area contributed by atoms with Crippen molar-refractivity contribution in [1.82, 2.24) is 19.8 Å². The first kappa shape index (κ1) is 30.3. The molecule has 12 nitrogen and oxygen atoms in total. The zero-order chi connectivity index (χ0) is 28.4. The quantitative estimate of drug-likeness (QED) is 0.269. The normalized spacial score (nSPS) is 15.9. The molecule has 2 heterocycles. The van der Waals surface area contributed by atoms with E-state index in [-0.39, 0.29) is 18.0 Å². The van der Waals surface area contributed by atoms with Gasteiger partial charge in [0.05, 0.1) is 44.1 Å². The molecule has 0 spiro atoms. The lowest BCUT2D eigenvalue weighted by atomic mass is 10.0. The predicted molar refractivity (Wildman–Crippen MR) is 144 cm³/mol. The van der Waals surface area contributed by atoms with Crippen molar-refractivity contribution in [2.75, 3.05) is 46.2 Å². The molecule has 12 heteroatoms. The molecular formula is C27H40N4O8. The molecule has 1 aromatic heterocycles. The summed E-state index contributed by atoms with van der Waals surface area (Å²) in [4.78, 5) is 48.5. The number of rotatable bonds is 14. The molecule has 3 amide bonds. The molecule has 1 aliphatic rings. The van der Waals surface area contributed by atoms with Crippen LogP contribution in [0.1, 0.15) is 51.6 Å².